The number of aromatic amines is 1. The Morgan fingerprint density at radius 2 is 1.88 bits per heavy atom. The molecule has 0 aliphatic rings. The Hall–Kier alpha value is -2.63. The molecule has 2 aromatic rings. The minimum absolute atomic E-state index is 0.134. The monoisotopic (exact) mass is 346 g/mol. The SMILES string of the molecule is Cc1[nH]c(C(=O)N(C)Cc2ccccc2F)c(C)c1C(=O)OC(C)C. The lowest BCUT2D eigenvalue weighted by Crippen LogP contribution is -2.27. The van der Waals surface area contributed by atoms with Gasteiger partial charge in [0.05, 0.1) is 11.7 Å². The first kappa shape index (κ1) is 18.7. The summed E-state index contributed by atoms with van der Waals surface area (Å²) < 4.78 is 19.0. The third kappa shape index (κ3) is 4.07. The Labute approximate surface area is 146 Å². The number of benzene rings is 1. The summed E-state index contributed by atoms with van der Waals surface area (Å²) in [4.78, 5) is 29.3. The number of ether oxygens (including phenoxy) is 1. The van der Waals surface area contributed by atoms with Gasteiger partial charge in [-0.05, 0) is 39.3 Å². The highest BCUT2D eigenvalue weighted by molar-refractivity contribution is 6.00. The van der Waals surface area contributed by atoms with Gasteiger partial charge in [-0.25, -0.2) is 9.18 Å². The van der Waals surface area contributed by atoms with Crippen LogP contribution in [0.25, 0.3) is 0 Å². The first-order valence-corrected chi connectivity index (χ1v) is 8.11. The van der Waals surface area contributed by atoms with Crippen molar-refractivity contribution < 1.29 is 18.7 Å². The lowest BCUT2D eigenvalue weighted by atomic mass is 10.1. The molecule has 25 heavy (non-hydrogen) atoms. The molecule has 0 saturated carbocycles. The molecule has 0 radical (unpaired) electrons. The van der Waals surface area contributed by atoms with Gasteiger partial charge < -0.3 is 14.6 Å². The number of aryl methyl sites for hydroxylation is 1. The van der Waals surface area contributed by atoms with Crippen molar-refractivity contribution in [2.75, 3.05) is 7.05 Å². The zero-order chi connectivity index (χ0) is 18.7. The van der Waals surface area contributed by atoms with Crippen molar-refractivity contribution in [3.8, 4) is 0 Å². The number of rotatable bonds is 5. The number of esters is 1. The van der Waals surface area contributed by atoms with E-state index in [1.54, 1.807) is 52.9 Å². The highest BCUT2D eigenvalue weighted by atomic mass is 19.1. The molecule has 1 aromatic carbocycles. The van der Waals surface area contributed by atoms with E-state index in [-0.39, 0.29) is 24.4 Å². The number of nitrogens with one attached hydrogen (secondary N) is 1. The van der Waals surface area contributed by atoms with E-state index in [0.29, 0.717) is 28.1 Å². The van der Waals surface area contributed by atoms with Crippen molar-refractivity contribution in [1.29, 1.82) is 0 Å². The van der Waals surface area contributed by atoms with Gasteiger partial charge in [0.25, 0.3) is 5.91 Å². The van der Waals surface area contributed by atoms with Crippen LogP contribution in [0.2, 0.25) is 0 Å². The molecule has 1 aromatic heterocycles. The van der Waals surface area contributed by atoms with Crippen molar-refractivity contribution in [2.45, 2.75) is 40.3 Å². The number of aromatic nitrogens is 1. The predicted octanol–water partition coefficient (Wildman–Crippen LogP) is 3.61. The number of amides is 1. The van der Waals surface area contributed by atoms with E-state index in [1.807, 2.05) is 0 Å². The zero-order valence-electron chi connectivity index (χ0n) is 15.1. The molecule has 0 saturated heterocycles. The van der Waals surface area contributed by atoms with Crippen LogP contribution in [-0.2, 0) is 11.3 Å². The van der Waals surface area contributed by atoms with Crippen molar-refractivity contribution in [3.05, 3.63) is 58.2 Å². The van der Waals surface area contributed by atoms with Crippen LogP contribution in [0.3, 0.4) is 0 Å². The maximum absolute atomic E-state index is 13.8. The topological polar surface area (TPSA) is 62.4 Å². The molecule has 2 rings (SSSR count). The van der Waals surface area contributed by atoms with Crippen LogP contribution in [0.1, 0.15) is 51.5 Å². The van der Waals surface area contributed by atoms with Gasteiger partial charge in [0, 0.05) is 24.8 Å². The molecule has 0 unspecified atom stereocenters. The molecule has 1 N–H and O–H groups in total. The summed E-state index contributed by atoms with van der Waals surface area (Å²) in [5.41, 5.74) is 2.22. The van der Waals surface area contributed by atoms with Crippen LogP contribution in [0.5, 0.6) is 0 Å². The summed E-state index contributed by atoms with van der Waals surface area (Å²) in [7, 11) is 1.59. The van der Waals surface area contributed by atoms with Gasteiger partial charge in [-0.2, -0.15) is 0 Å². The molecule has 0 aliphatic heterocycles. The van der Waals surface area contributed by atoms with Gasteiger partial charge >= 0.3 is 5.97 Å². The fraction of sp³-hybridized carbons (Fsp3) is 0.368. The summed E-state index contributed by atoms with van der Waals surface area (Å²) in [6.45, 7) is 7.09. The van der Waals surface area contributed by atoms with E-state index >= 15 is 0 Å². The molecule has 0 spiro atoms. The summed E-state index contributed by atoms with van der Waals surface area (Å²) >= 11 is 0. The highest BCUT2D eigenvalue weighted by Crippen LogP contribution is 2.21. The van der Waals surface area contributed by atoms with Gasteiger partial charge in [0.15, 0.2) is 0 Å². The maximum Gasteiger partial charge on any atom is 0.340 e. The smallest absolute Gasteiger partial charge is 0.340 e. The Morgan fingerprint density at radius 3 is 2.48 bits per heavy atom. The Bertz CT molecular complexity index is 796. The normalized spacial score (nSPS) is 10.8. The van der Waals surface area contributed by atoms with E-state index < -0.39 is 5.97 Å². The fourth-order valence-electron chi connectivity index (χ4n) is 2.69. The lowest BCUT2D eigenvalue weighted by Gasteiger charge is -2.17. The molecule has 5 nitrogen and oxygen atoms in total. The minimum Gasteiger partial charge on any atom is -0.459 e. The number of H-pyrrole nitrogens is 1. The van der Waals surface area contributed by atoms with Gasteiger partial charge in [0.1, 0.15) is 11.5 Å². The van der Waals surface area contributed by atoms with E-state index in [1.165, 1.54) is 11.0 Å². The minimum atomic E-state index is -0.461. The molecular formula is C19H23FN2O3. The Balaban J connectivity index is 2.25. The Kier molecular flexibility index (Phi) is 5.62. The number of halogens is 1. The molecule has 1 amide bonds. The second-order valence-electron chi connectivity index (χ2n) is 6.33. The van der Waals surface area contributed by atoms with Gasteiger partial charge in [0.2, 0.25) is 0 Å². The summed E-state index contributed by atoms with van der Waals surface area (Å²) in [5.74, 6) is -1.13. The van der Waals surface area contributed by atoms with Gasteiger partial charge in [-0.15, -0.1) is 0 Å². The van der Waals surface area contributed by atoms with Crippen LogP contribution >= 0.6 is 0 Å². The number of carbonyl (C=O) groups excluding carboxylic acids is 2. The number of carbonyl (C=O) groups is 2. The van der Waals surface area contributed by atoms with Gasteiger partial charge in [-0.1, -0.05) is 18.2 Å². The van der Waals surface area contributed by atoms with Crippen molar-refractivity contribution in [2.24, 2.45) is 0 Å². The molecule has 0 atom stereocenters. The zero-order valence-corrected chi connectivity index (χ0v) is 15.1. The quantitative estimate of drug-likeness (QED) is 0.841. The molecule has 0 aliphatic carbocycles. The third-order valence-electron chi connectivity index (χ3n) is 3.91. The first-order valence-electron chi connectivity index (χ1n) is 8.11. The van der Waals surface area contributed by atoms with E-state index in [2.05, 4.69) is 4.98 Å². The molecular weight excluding hydrogens is 323 g/mol. The second kappa shape index (κ2) is 7.51. The van der Waals surface area contributed by atoms with Crippen molar-refractivity contribution >= 4 is 11.9 Å². The maximum atomic E-state index is 13.8. The summed E-state index contributed by atoms with van der Waals surface area (Å²) in [6, 6.07) is 6.32. The average Bonchev–Trinajstić information content (AvgIpc) is 2.82. The standard InChI is InChI=1S/C19H23FN2O3/c1-11(2)25-19(24)16-12(3)17(21-13(16)4)18(23)22(5)10-14-8-6-7-9-15(14)20/h6-9,11,21H,10H2,1-5H3. The molecule has 6 heteroatoms. The summed E-state index contributed by atoms with van der Waals surface area (Å²) in [6.07, 6.45) is -0.246. The number of hydrogen-bond donors (Lipinski definition) is 1. The van der Waals surface area contributed by atoms with Crippen LogP contribution in [0, 0.1) is 19.7 Å². The van der Waals surface area contributed by atoms with Crippen LogP contribution < -0.4 is 0 Å². The predicted molar refractivity (Wildman–Crippen MR) is 93.0 cm³/mol. The first-order chi connectivity index (χ1) is 11.7. The molecule has 0 bridgehead atoms. The summed E-state index contributed by atoms with van der Waals surface area (Å²) in [5, 5.41) is 0. The lowest BCUT2D eigenvalue weighted by molar-refractivity contribution is 0.0376. The molecule has 1 heterocycles. The third-order valence-corrected chi connectivity index (χ3v) is 3.91. The highest BCUT2D eigenvalue weighted by Gasteiger charge is 2.25. The van der Waals surface area contributed by atoms with Crippen LogP contribution in [-0.4, -0.2) is 34.9 Å². The number of nitrogens with zero attached hydrogens (tertiary/aromatic N) is 1. The molecule has 134 valence electrons. The van der Waals surface area contributed by atoms with Crippen molar-refractivity contribution in [3.63, 3.8) is 0 Å². The fourth-order valence-corrected chi connectivity index (χ4v) is 2.69. The van der Waals surface area contributed by atoms with Gasteiger partial charge in [-0.3, -0.25) is 4.79 Å². The molecule has 0 fully saturated rings. The van der Waals surface area contributed by atoms with E-state index in [9.17, 15) is 14.0 Å². The number of hydrogen-bond acceptors (Lipinski definition) is 3. The van der Waals surface area contributed by atoms with Crippen molar-refractivity contribution in [1.82, 2.24) is 9.88 Å². The van der Waals surface area contributed by atoms with E-state index in [0.717, 1.165) is 0 Å². The van der Waals surface area contributed by atoms with E-state index in [4.69, 9.17) is 4.74 Å². The van der Waals surface area contributed by atoms with Crippen LogP contribution in [0.4, 0.5) is 4.39 Å². The Morgan fingerprint density at radius 1 is 1.24 bits per heavy atom. The largest absolute Gasteiger partial charge is 0.459 e. The average molecular weight is 346 g/mol. The van der Waals surface area contributed by atoms with Crippen LogP contribution in [0.15, 0.2) is 24.3 Å². The second-order valence-corrected chi connectivity index (χ2v) is 6.33.